The van der Waals surface area contributed by atoms with Crippen molar-refractivity contribution in [3.8, 4) is 0 Å². The number of amides is 1. The Balaban J connectivity index is 1.78. The topological polar surface area (TPSA) is 33.2 Å². The van der Waals surface area contributed by atoms with Crippen LogP contribution in [0.2, 0.25) is 15.1 Å². The number of hydrogen-bond acceptors (Lipinski definition) is 2. The number of carbonyl (C=O) groups excluding carboxylic acids is 1. The molecule has 3 rings (SSSR count). The Labute approximate surface area is 139 Å². The minimum Gasteiger partial charge on any atom is -0.337 e. The highest BCUT2D eigenvalue weighted by molar-refractivity contribution is 6.48. The Morgan fingerprint density at radius 1 is 1.10 bits per heavy atom. The summed E-state index contributed by atoms with van der Waals surface area (Å²) in [4.78, 5) is 18.6. The van der Waals surface area contributed by atoms with Crippen LogP contribution in [0, 0.1) is 11.8 Å². The fourth-order valence-electron chi connectivity index (χ4n) is 3.53. The van der Waals surface area contributed by atoms with E-state index in [0.29, 0.717) is 5.92 Å². The molecule has 0 aromatic carbocycles. The molecule has 21 heavy (non-hydrogen) atoms. The number of rotatable bonds is 1. The molecule has 1 saturated carbocycles. The minimum atomic E-state index is -0.136. The number of carbonyl (C=O) groups is 1. The van der Waals surface area contributed by atoms with E-state index < -0.39 is 0 Å². The van der Waals surface area contributed by atoms with E-state index in [-0.39, 0.29) is 26.7 Å². The molecule has 0 bridgehead atoms. The van der Waals surface area contributed by atoms with Gasteiger partial charge in [0.2, 0.25) is 0 Å². The van der Waals surface area contributed by atoms with Crippen molar-refractivity contribution in [1.29, 1.82) is 0 Å². The monoisotopic (exact) mass is 346 g/mol. The van der Waals surface area contributed by atoms with E-state index >= 15 is 0 Å². The van der Waals surface area contributed by atoms with E-state index in [9.17, 15) is 4.79 Å². The van der Waals surface area contributed by atoms with Crippen molar-refractivity contribution in [3.05, 3.63) is 27.0 Å². The summed E-state index contributed by atoms with van der Waals surface area (Å²) in [5.74, 6) is 1.26. The zero-order chi connectivity index (χ0) is 15.0. The normalized spacial score (nSPS) is 25.6. The van der Waals surface area contributed by atoms with E-state index in [1.165, 1.54) is 31.9 Å². The summed E-state index contributed by atoms with van der Waals surface area (Å²) < 4.78 is 0. The molecule has 2 atom stereocenters. The van der Waals surface area contributed by atoms with Crippen LogP contribution in [0.4, 0.5) is 0 Å². The van der Waals surface area contributed by atoms with Crippen LogP contribution in [0.1, 0.15) is 42.6 Å². The lowest BCUT2D eigenvalue weighted by molar-refractivity contribution is 0.0515. The first kappa shape index (κ1) is 15.4. The first-order valence-electron chi connectivity index (χ1n) is 7.36. The van der Waals surface area contributed by atoms with Gasteiger partial charge in [0.25, 0.3) is 5.91 Å². The molecule has 1 saturated heterocycles. The van der Waals surface area contributed by atoms with Crippen LogP contribution in [-0.4, -0.2) is 28.9 Å². The molecule has 2 fully saturated rings. The maximum Gasteiger partial charge on any atom is 0.274 e. The molecule has 2 heterocycles. The van der Waals surface area contributed by atoms with Gasteiger partial charge in [-0.15, -0.1) is 0 Å². The quantitative estimate of drug-likeness (QED) is 0.738. The number of pyridine rings is 1. The number of likely N-dealkylation sites (tertiary alicyclic amines) is 1. The smallest absolute Gasteiger partial charge is 0.274 e. The van der Waals surface area contributed by atoms with Gasteiger partial charge in [0.05, 0.1) is 15.1 Å². The SMILES string of the molecule is O=C(c1ncc(Cl)c(Cl)c1Cl)N1CC[C@@H]2CCCC[C@@H]2C1. The van der Waals surface area contributed by atoms with Gasteiger partial charge >= 0.3 is 0 Å². The average molecular weight is 348 g/mol. The second kappa shape index (κ2) is 6.31. The summed E-state index contributed by atoms with van der Waals surface area (Å²) in [5, 5.41) is 0.619. The van der Waals surface area contributed by atoms with Crippen LogP contribution in [0.3, 0.4) is 0 Å². The molecule has 0 N–H and O–H groups in total. The van der Waals surface area contributed by atoms with Crippen molar-refractivity contribution in [2.24, 2.45) is 11.8 Å². The van der Waals surface area contributed by atoms with Crippen molar-refractivity contribution in [3.63, 3.8) is 0 Å². The van der Waals surface area contributed by atoms with E-state index in [1.54, 1.807) is 0 Å². The Kier molecular flexibility index (Phi) is 4.63. The van der Waals surface area contributed by atoms with Crippen LogP contribution in [0.15, 0.2) is 6.20 Å². The number of fused-ring (bicyclic) bond motifs is 1. The average Bonchev–Trinajstić information content (AvgIpc) is 2.52. The highest BCUT2D eigenvalue weighted by atomic mass is 35.5. The van der Waals surface area contributed by atoms with E-state index in [0.717, 1.165) is 25.4 Å². The standard InChI is InChI=1S/C15H17Cl3N2O/c16-11-7-19-14(13(18)12(11)17)15(21)20-6-5-9-3-1-2-4-10(9)8-20/h7,9-10H,1-6,8H2/t9-,10+/m0/s1. The molecule has 0 radical (unpaired) electrons. The summed E-state index contributed by atoms with van der Waals surface area (Å²) in [7, 11) is 0. The van der Waals surface area contributed by atoms with Crippen molar-refractivity contribution >= 4 is 40.7 Å². The van der Waals surface area contributed by atoms with Crippen molar-refractivity contribution in [2.75, 3.05) is 13.1 Å². The zero-order valence-electron chi connectivity index (χ0n) is 11.6. The minimum absolute atomic E-state index is 0.136. The van der Waals surface area contributed by atoms with Gasteiger partial charge in [-0.3, -0.25) is 4.79 Å². The van der Waals surface area contributed by atoms with Gasteiger partial charge in [0.1, 0.15) is 5.69 Å². The Bertz CT molecular complexity index is 564. The lowest BCUT2D eigenvalue weighted by atomic mass is 9.75. The molecule has 0 spiro atoms. The summed E-state index contributed by atoms with van der Waals surface area (Å²) in [5.41, 5.74) is 0.209. The summed E-state index contributed by atoms with van der Waals surface area (Å²) >= 11 is 18.0. The summed E-state index contributed by atoms with van der Waals surface area (Å²) in [6.45, 7) is 1.58. The van der Waals surface area contributed by atoms with Crippen molar-refractivity contribution in [1.82, 2.24) is 9.88 Å². The number of halogens is 3. The second-order valence-corrected chi connectivity index (χ2v) is 7.09. The molecular weight excluding hydrogens is 331 g/mol. The van der Waals surface area contributed by atoms with Crippen LogP contribution >= 0.6 is 34.8 Å². The van der Waals surface area contributed by atoms with Crippen LogP contribution in [-0.2, 0) is 0 Å². The van der Waals surface area contributed by atoms with Crippen molar-refractivity contribution < 1.29 is 4.79 Å². The van der Waals surface area contributed by atoms with Crippen LogP contribution in [0.5, 0.6) is 0 Å². The number of piperidine rings is 1. The highest BCUT2D eigenvalue weighted by Gasteiger charge is 2.34. The molecule has 1 amide bonds. The molecule has 1 aromatic heterocycles. The van der Waals surface area contributed by atoms with Gasteiger partial charge in [0, 0.05) is 19.3 Å². The van der Waals surface area contributed by atoms with Crippen molar-refractivity contribution in [2.45, 2.75) is 32.1 Å². The molecule has 0 unspecified atom stereocenters. The predicted octanol–water partition coefficient (Wildman–Crippen LogP) is 4.69. The number of hydrogen-bond donors (Lipinski definition) is 0. The fraction of sp³-hybridized carbons (Fsp3) is 0.600. The first-order valence-corrected chi connectivity index (χ1v) is 8.50. The maximum atomic E-state index is 12.6. The maximum absolute atomic E-state index is 12.6. The third-order valence-corrected chi connectivity index (χ3v) is 5.94. The van der Waals surface area contributed by atoms with Crippen LogP contribution in [0.25, 0.3) is 0 Å². The molecule has 1 aliphatic carbocycles. The lowest BCUT2D eigenvalue weighted by Crippen LogP contribution is -2.45. The number of aromatic nitrogens is 1. The third kappa shape index (κ3) is 3.01. The Morgan fingerprint density at radius 3 is 2.57 bits per heavy atom. The summed E-state index contributed by atoms with van der Waals surface area (Å²) in [6.07, 6.45) is 7.59. The molecule has 114 valence electrons. The van der Waals surface area contributed by atoms with Gasteiger partial charge in [-0.05, 0) is 24.7 Å². The van der Waals surface area contributed by atoms with Gasteiger partial charge < -0.3 is 4.90 Å². The predicted molar refractivity (Wildman–Crippen MR) is 85.2 cm³/mol. The van der Waals surface area contributed by atoms with E-state index in [1.807, 2.05) is 4.90 Å². The molecule has 1 aliphatic heterocycles. The van der Waals surface area contributed by atoms with Gasteiger partial charge in [-0.1, -0.05) is 54.1 Å². The molecule has 1 aromatic rings. The second-order valence-electron chi connectivity index (χ2n) is 5.93. The summed E-state index contributed by atoms with van der Waals surface area (Å²) in [6, 6.07) is 0. The molecule has 2 aliphatic rings. The third-order valence-electron chi connectivity index (χ3n) is 4.70. The fourth-order valence-corrected chi connectivity index (χ4v) is 4.09. The number of nitrogens with zero attached hydrogens (tertiary/aromatic N) is 2. The highest BCUT2D eigenvalue weighted by Crippen LogP contribution is 2.37. The van der Waals surface area contributed by atoms with Gasteiger partial charge in [-0.25, -0.2) is 4.98 Å². The van der Waals surface area contributed by atoms with E-state index in [4.69, 9.17) is 34.8 Å². The molecule has 3 nitrogen and oxygen atoms in total. The molecule has 6 heteroatoms. The van der Waals surface area contributed by atoms with Gasteiger partial charge in [0.15, 0.2) is 0 Å². The Hall–Kier alpha value is -0.510. The lowest BCUT2D eigenvalue weighted by Gasteiger charge is -2.41. The Morgan fingerprint density at radius 2 is 1.81 bits per heavy atom. The zero-order valence-corrected chi connectivity index (χ0v) is 13.9. The van der Waals surface area contributed by atoms with Crippen LogP contribution < -0.4 is 0 Å². The van der Waals surface area contributed by atoms with E-state index in [2.05, 4.69) is 4.98 Å². The molecular formula is C15H17Cl3N2O. The first-order chi connectivity index (χ1) is 10.1. The largest absolute Gasteiger partial charge is 0.337 e. The van der Waals surface area contributed by atoms with Gasteiger partial charge in [-0.2, -0.15) is 0 Å².